The fourth-order valence-corrected chi connectivity index (χ4v) is 2.90. The van der Waals surface area contributed by atoms with Crippen molar-refractivity contribution in [3.63, 3.8) is 0 Å². The molecule has 0 saturated carbocycles. The summed E-state index contributed by atoms with van der Waals surface area (Å²) in [6, 6.07) is 2.09. The molecule has 0 aromatic carbocycles. The maximum Gasteiger partial charge on any atom is 0.224 e. The average molecular weight is 287 g/mol. The molecule has 1 atom stereocenters. The monoisotopic (exact) mass is 287 g/mol. The van der Waals surface area contributed by atoms with Crippen molar-refractivity contribution in [1.29, 1.82) is 0 Å². The second-order valence-electron chi connectivity index (χ2n) is 5.71. The predicted molar refractivity (Wildman–Crippen MR) is 78.7 cm³/mol. The average Bonchev–Trinajstić information content (AvgIpc) is 3.16. The molecule has 6 nitrogen and oxygen atoms in total. The van der Waals surface area contributed by atoms with Gasteiger partial charge in [0.1, 0.15) is 0 Å². The smallest absolute Gasteiger partial charge is 0.224 e. The highest BCUT2D eigenvalue weighted by Gasteiger charge is 2.25. The molecule has 3 heterocycles. The minimum absolute atomic E-state index is 0.223. The first-order chi connectivity index (χ1) is 10.2. The molecule has 0 radical (unpaired) electrons. The lowest BCUT2D eigenvalue weighted by molar-refractivity contribution is -0.132. The van der Waals surface area contributed by atoms with Crippen LogP contribution in [0.25, 0.3) is 0 Å². The van der Waals surface area contributed by atoms with Crippen LogP contribution >= 0.6 is 0 Å². The minimum atomic E-state index is 0.223. The third kappa shape index (κ3) is 3.32. The van der Waals surface area contributed by atoms with Crippen LogP contribution in [0.5, 0.6) is 0 Å². The van der Waals surface area contributed by atoms with Crippen LogP contribution in [-0.4, -0.2) is 43.6 Å². The third-order valence-corrected chi connectivity index (χ3v) is 4.06. The van der Waals surface area contributed by atoms with Crippen molar-refractivity contribution in [1.82, 2.24) is 24.6 Å². The van der Waals surface area contributed by atoms with Crippen LogP contribution < -0.4 is 0 Å². The number of hydrogen-bond donors (Lipinski definition) is 1. The summed E-state index contributed by atoms with van der Waals surface area (Å²) >= 11 is 0. The van der Waals surface area contributed by atoms with E-state index in [1.54, 1.807) is 12.5 Å². The van der Waals surface area contributed by atoms with Crippen molar-refractivity contribution in [3.8, 4) is 0 Å². The van der Waals surface area contributed by atoms with E-state index in [4.69, 9.17) is 0 Å². The zero-order chi connectivity index (χ0) is 14.7. The molecule has 112 valence electrons. The molecule has 2 aromatic heterocycles. The molecule has 2 aromatic rings. The number of piperidine rings is 1. The maximum atomic E-state index is 12.3. The first kappa shape index (κ1) is 13.9. The first-order valence-electron chi connectivity index (χ1n) is 7.48. The van der Waals surface area contributed by atoms with Gasteiger partial charge in [-0.05, 0) is 25.8 Å². The van der Waals surface area contributed by atoms with Gasteiger partial charge in [-0.3, -0.25) is 9.89 Å². The van der Waals surface area contributed by atoms with Crippen LogP contribution in [0.2, 0.25) is 0 Å². The molecule has 21 heavy (non-hydrogen) atoms. The molecule has 1 amide bonds. The molecule has 0 spiro atoms. The van der Waals surface area contributed by atoms with Gasteiger partial charge in [0.15, 0.2) is 0 Å². The Kier molecular flexibility index (Phi) is 4.03. The van der Waals surface area contributed by atoms with Crippen molar-refractivity contribution in [2.75, 3.05) is 13.1 Å². The molecular weight excluding hydrogens is 266 g/mol. The van der Waals surface area contributed by atoms with Gasteiger partial charge < -0.3 is 9.47 Å². The van der Waals surface area contributed by atoms with E-state index in [1.165, 1.54) is 0 Å². The normalized spacial score (nSPS) is 18.9. The topological polar surface area (TPSA) is 66.8 Å². The highest BCUT2D eigenvalue weighted by Crippen LogP contribution is 2.26. The number of hydrogen-bond acceptors (Lipinski definition) is 3. The Morgan fingerprint density at radius 1 is 1.52 bits per heavy atom. The van der Waals surface area contributed by atoms with Crippen molar-refractivity contribution in [2.45, 2.75) is 38.6 Å². The van der Waals surface area contributed by atoms with Gasteiger partial charge in [-0.15, -0.1) is 0 Å². The first-order valence-corrected chi connectivity index (χ1v) is 7.48. The Morgan fingerprint density at radius 2 is 2.43 bits per heavy atom. The molecule has 1 aliphatic heterocycles. The van der Waals surface area contributed by atoms with Crippen LogP contribution in [0.4, 0.5) is 0 Å². The molecule has 6 heteroatoms. The number of imidazole rings is 1. The number of aromatic nitrogens is 4. The molecule has 0 unspecified atom stereocenters. The largest absolute Gasteiger partial charge is 0.342 e. The van der Waals surface area contributed by atoms with E-state index in [1.807, 2.05) is 22.6 Å². The van der Waals surface area contributed by atoms with Gasteiger partial charge in [0.2, 0.25) is 5.91 Å². The van der Waals surface area contributed by atoms with Crippen molar-refractivity contribution in [2.24, 2.45) is 0 Å². The summed E-state index contributed by atoms with van der Waals surface area (Å²) in [5.41, 5.74) is 2.16. The number of likely N-dealkylation sites (tertiary alicyclic amines) is 1. The number of aromatic amines is 1. The molecule has 1 aliphatic rings. The van der Waals surface area contributed by atoms with E-state index in [0.29, 0.717) is 18.9 Å². The van der Waals surface area contributed by atoms with Crippen LogP contribution in [-0.2, 0) is 11.3 Å². The number of nitrogens with one attached hydrogen (secondary N) is 1. The summed E-state index contributed by atoms with van der Waals surface area (Å²) in [5.74, 6) is 0.585. The zero-order valence-corrected chi connectivity index (χ0v) is 12.3. The molecular formula is C15H21N5O. The Balaban J connectivity index is 1.56. The van der Waals surface area contributed by atoms with E-state index in [-0.39, 0.29) is 5.91 Å². The standard InChI is InChI=1S/C15H21N5O/c1-12-9-14(18-17-12)13-3-2-6-20(10-13)15(21)4-7-19-8-5-16-11-19/h5,8-9,11,13H,2-4,6-7,10H2,1H3,(H,17,18)/t13-/m0/s1. The summed E-state index contributed by atoms with van der Waals surface area (Å²) in [4.78, 5) is 18.3. The van der Waals surface area contributed by atoms with E-state index in [0.717, 1.165) is 37.3 Å². The summed E-state index contributed by atoms with van der Waals surface area (Å²) < 4.78 is 1.94. The third-order valence-electron chi connectivity index (χ3n) is 4.06. The van der Waals surface area contributed by atoms with Crippen molar-refractivity contribution >= 4 is 5.91 Å². The quantitative estimate of drug-likeness (QED) is 0.931. The fourth-order valence-electron chi connectivity index (χ4n) is 2.90. The predicted octanol–water partition coefficient (Wildman–Crippen LogP) is 1.71. The fraction of sp³-hybridized carbons (Fsp3) is 0.533. The zero-order valence-electron chi connectivity index (χ0n) is 12.3. The number of rotatable bonds is 4. The van der Waals surface area contributed by atoms with Gasteiger partial charge in [-0.1, -0.05) is 0 Å². The molecule has 3 rings (SSSR count). The van der Waals surface area contributed by atoms with Gasteiger partial charge in [0, 0.05) is 50.1 Å². The molecule has 0 aliphatic carbocycles. The summed E-state index contributed by atoms with van der Waals surface area (Å²) in [7, 11) is 0. The lowest BCUT2D eigenvalue weighted by Crippen LogP contribution is -2.39. The molecule has 1 N–H and O–H groups in total. The van der Waals surface area contributed by atoms with E-state index >= 15 is 0 Å². The number of amides is 1. The minimum Gasteiger partial charge on any atom is -0.342 e. The second kappa shape index (κ2) is 6.11. The van der Waals surface area contributed by atoms with Crippen molar-refractivity contribution in [3.05, 3.63) is 36.2 Å². The lowest BCUT2D eigenvalue weighted by atomic mass is 9.94. The Hall–Kier alpha value is -2.11. The van der Waals surface area contributed by atoms with E-state index in [9.17, 15) is 4.79 Å². The van der Waals surface area contributed by atoms with Gasteiger partial charge >= 0.3 is 0 Å². The number of carbonyl (C=O) groups is 1. The van der Waals surface area contributed by atoms with Crippen LogP contribution in [0, 0.1) is 6.92 Å². The van der Waals surface area contributed by atoms with Gasteiger partial charge in [0.05, 0.1) is 12.0 Å². The highest BCUT2D eigenvalue weighted by molar-refractivity contribution is 5.76. The summed E-state index contributed by atoms with van der Waals surface area (Å²) in [6.07, 6.45) is 8.06. The molecule has 1 saturated heterocycles. The molecule has 0 bridgehead atoms. The van der Waals surface area contributed by atoms with Crippen LogP contribution in [0.15, 0.2) is 24.8 Å². The van der Waals surface area contributed by atoms with Gasteiger partial charge in [-0.2, -0.15) is 5.10 Å². The maximum absolute atomic E-state index is 12.3. The van der Waals surface area contributed by atoms with E-state index in [2.05, 4.69) is 21.2 Å². The molecule has 1 fully saturated rings. The van der Waals surface area contributed by atoms with Crippen molar-refractivity contribution < 1.29 is 4.79 Å². The number of carbonyl (C=O) groups excluding carboxylic acids is 1. The van der Waals surface area contributed by atoms with Gasteiger partial charge in [0.25, 0.3) is 0 Å². The number of aryl methyl sites for hydroxylation is 2. The number of H-pyrrole nitrogens is 1. The Morgan fingerprint density at radius 3 is 3.14 bits per heavy atom. The second-order valence-corrected chi connectivity index (χ2v) is 5.71. The lowest BCUT2D eigenvalue weighted by Gasteiger charge is -2.32. The Labute approximate surface area is 124 Å². The highest BCUT2D eigenvalue weighted by atomic mass is 16.2. The van der Waals surface area contributed by atoms with E-state index < -0.39 is 0 Å². The van der Waals surface area contributed by atoms with Crippen LogP contribution in [0.1, 0.15) is 36.6 Å². The van der Waals surface area contributed by atoms with Gasteiger partial charge in [-0.25, -0.2) is 4.98 Å². The number of nitrogens with zero attached hydrogens (tertiary/aromatic N) is 4. The Bertz CT molecular complexity index is 589. The van der Waals surface area contributed by atoms with Crippen LogP contribution in [0.3, 0.4) is 0 Å². The summed E-state index contributed by atoms with van der Waals surface area (Å²) in [6.45, 7) is 4.35. The SMILES string of the molecule is Cc1cc([C@H]2CCCN(C(=O)CCn3ccnc3)C2)n[nH]1. The summed E-state index contributed by atoms with van der Waals surface area (Å²) in [5, 5.41) is 7.33.